The summed E-state index contributed by atoms with van der Waals surface area (Å²) < 4.78 is 4.79. The summed E-state index contributed by atoms with van der Waals surface area (Å²) in [5.74, 6) is -0.163. The Bertz CT molecular complexity index is 278. The fourth-order valence-corrected chi connectivity index (χ4v) is 0.824. The lowest BCUT2D eigenvalue weighted by molar-refractivity contribution is 0.0915. The lowest BCUT2D eigenvalue weighted by Gasteiger charge is -2.23. The maximum absolute atomic E-state index is 11.5. The number of amides is 1. The van der Waals surface area contributed by atoms with E-state index in [-0.39, 0.29) is 11.4 Å². The lowest BCUT2D eigenvalue weighted by atomic mass is 10.1. The molecule has 0 radical (unpaired) electrons. The van der Waals surface area contributed by atoms with Gasteiger partial charge in [0.25, 0.3) is 5.91 Å². The number of nitrogens with two attached hydrogens (primary N) is 1. The Morgan fingerprint density at radius 2 is 2.38 bits per heavy atom. The van der Waals surface area contributed by atoms with E-state index < -0.39 is 0 Å². The summed E-state index contributed by atoms with van der Waals surface area (Å²) >= 11 is 0. The Kier molecular flexibility index (Phi) is 2.72. The molecule has 0 atom stereocenters. The summed E-state index contributed by atoms with van der Waals surface area (Å²) in [5, 5.41) is 2.78. The molecule has 1 aromatic heterocycles. The van der Waals surface area contributed by atoms with Crippen molar-refractivity contribution in [1.82, 2.24) is 5.32 Å². The van der Waals surface area contributed by atoms with Crippen LogP contribution in [0.3, 0.4) is 0 Å². The molecule has 72 valence electrons. The SMILES string of the molecule is CC(C)(CN)NC(=O)c1ccoc1. The first-order chi connectivity index (χ1) is 6.05. The van der Waals surface area contributed by atoms with Crippen molar-refractivity contribution in [1.29, 1.82) is 0 Å². The predicted octanol–water partition coefficient (Wildman–Crippen LogP) is 0.747. The van der Waals surface area contributed by atoms with Gasteiger partial charge in [-0.05, 0) is 19.9 Å². The summed E-state index contributed by atoms with van der Waals surface area (Å²) in [6.45, 7) is 4.13. The minimum atomic E-state index is -0.381. The molecular formula is C9H14N2O2. The minimum Gasteiger partial charge on any atom is -0.472 e. The zero-order valence-electron chi connectivity index (χ0n) is 7.83. The molecule has 1 heterocycles. The third-order valence-electron chi connectivity index (χ3n) is 1.75. The highest BCUT2D eigenvalue weighted by atomic mass is 16.3. The van der Waals surface area contributed by atoms with E-state index in [0.717, 1.165) is 0 Å². The molecule has 0 saturated heterocycles. The minimum absolute atomic E-state index is 0.163. The fraction of sp³-hybridized carbons (Fsp3) is 0.444. The molecule has 13 heavy (non-hydrogen) atoms. The van der Waals surface area contributed by atoms with Crippen molar-refractivity contribution in [2.75, 3.05) is 6.54 Å². The summed E-state index contributed by atoms with van der Waals surface area (Å²) in [4.78, 5) is 11.5. The molecule has 4 heteroatoms. The van der Waals surface area contributed by atoms with Crippen molar-refractivity contribution in [3.05, 3.63) is 24.2 Å². The third-order valence-corrected chi connectivity index (χ3v) is 1.75. The van der Waals surface area contributed by atoms with E-state index in [9.17, 15) is 4.79 Å². The Balaban J connectivity index is 2.61. The van der Waals surface area contributed by atoms with Crippen LogP contribution in [0.1, 0.15) is 24.2 Å². The standard InChI is InChI=1S/C9H14N2O2/c1-9(2,6-10)11-8(12)7-3-4-13-5-7/h3-5H,6,10H2,1-2H3,(H,11,12). The summed E-state index contributed by atoms with van der Waals surface area (Å²) in [6.07, 6.45) is 2.87. The van der Waals surface area contributed by atoms with Gasteiger partial charge >= 0.3 is 0 Å². The van der Waals surface area contributed by atoms with Gasteiger partial charge in [0.15, 0.2) is 0 Å². The van der Waals surface area contributed by atoms with Crippen molar-refractivity contribution < 1.29 is 9.21 Å². The van der Waals surface area contributed by atoms with Crippen molar-refractivity contribution in [2.24, 2.45) is 5.73 Å². The van der Waals surface area contributed by atoms with E-state index in [1.165, 1.54) is 12.5 Å². The first-order valence-electron chi connectivity index (χ1n) is 4.10. The van der Waals surface area contributed by atoms with Crippen LogP contribution in [-0.2, 0) is 0 Å². The van der Waals surface area contributed by atoms with Crippen LogP contribution in [0.2, 0.25) is 0 Å². The maximum atomic E-state index is 11.5. The summed E-state index contributed by atoms with van der Waals surface area (Å²) in [5.41, 5.74) is 5.60. The van der Waals surface area contributed by atoms with Crippen molar-refractivity contribution in [3.63, 3.8) is 0 Å². The number of nitrogens with one attached hydrogen (secondary N) is 1. The van der Waals surface area contributed by atoms with Gasteiger partial charge in [-0.1, -0.05) is 0 Å². The monoisotopic (exact) mass is 182 g/mol. The van der Waals surface area contributed by atoms with Crippen LogP contribution in [0.25, 0.3) is 0 Å². The molecule has 0 aliphatic rings. The molecule has 0 aliphatic carbocycles. The number of carbonyl (C=O) groups excluding carboxylic acids is 1. The molecular weight excluding hydrogens is 168 g/mol. The van der Waals surface area contributed by atoms with Crippen LogP contribution in [-0.4, -0.2) is 18.0 Å². The van der Waals surface area contributed by atoms with E-state index in [1.54, 1.807) is 6.07 Å². The second-order valence-corrected chi connectivity index (χ2v) is 3.55. The number of hydrogen-bond acceptors (Lipinski definition) is 3. The van der Waals surface area contributed by atoms with Gasteiger partial charge in [0.05, 0.1) is 11.8 Å². The van der Waals surface area contributed by atoms with E-state index >= 15 is 0 Å². The van der Waals surface area contributed by atoms with Gasteiger partial charge in [0.1, 0.15) is 6.26 Å². The van der Waals surface area contributed by atoms with Gasteiger partial charge < -0.3 is 15.5 Å². The molecule has 1 amide bonds. The van der Waals surface area contributed by atoms with Crippen LogP contribution >= 0.6 is 0 Å². The van der Waals surface area contributed by atoms with Crippen LogP contribution in [0, 0.1) is 0 Å². The smallest absolute Gasteiger partial charge is 0.254 e. The highest BCUT2D eigenvalue weighted by Gasteiger charge is 2.19. The molecule has 0 fully saturated rings. The van der Waals surface area contributed by atoms with E-state index in [2.05, 4.69) is 5.32 Å². The first kappa shape index (κ1) is 9.80. The fourth-order valence-electron chi connectivity index (χ4n) is 0.824. The molecule has 0 bridgehead atoms. The Hall–Kier alpha value is -1.29. The molecule has 3 N–H and O–H groups in total. The van der Waals surface area contributed by atoms with Crippen molar-refractivity contribution in [2.45, 2.75) is 19.4 Å². The molecule has 1 rings (SSSR count). The van der Waals surface area contributed by atoms with Crippen LogP contribution < -0.4 is 11.1 Å². The first-order valence-corrected chi connectivity index (χ1v) is 4.10. The summed E-state index contributed by atoms with van der Waals surface area (Å²) in [7, 11) is 0. The van der Waals surface area contributed by atoms with Crippen LogP contribution in [0.15, 0.2) is 23.0 Å². The van der Waals surface area contributed by atoms with Gasteiger partial charge in [-0.15, -0.1) is 0 Å². The third kappa shape index (κ3) is 2.59. The topological polar surface area (TPSA) is 68.3 Å². The lowest BCUT2D eigenvalue weighted by Crippen LogP contribution is -2.48. The van der Waals surface area contributed by atoms with Gasteiger partial charge in [0.2, 0.25) is 0 Å². The van der Waals surface area contributed by atoms with Crippen LogP contribution in [0.5, 0.6) is 0 Å². The molecule has 0 unspecified atom stereocenters. The molecule has 1 aromatic rings. The zero-order valence-corrected chi connectivity index (χ0v) is 7.83. The molecule has 4 nitrogen and oxygen atoms in total. The molecule has 0 saturated carbocycles. The van der Waals surface area contributed by atoms with Crippen molar-refractivity contribution >= 4 is 5.91 Å². The van der Waals surface area contributed by atoms with Gasteiger partial charge in [-0.3, -0.25) is 4.79 Å². The average Bonchev–Trinajstić information content (AvgIpc) is 2.55. The Labute approximate surface area is 77.1 Å². The maximum Gasteiger partial charge on any atom is 0.254 e. The Morgan fingerprint density at radius 3 is 2.85 bits per heavy atom. The van der Waals surface area contributed by atoms with Gasteiger partial charge in [0, 0.05) is 12.1 Å². The molecule has 0 spiro atoms. The highest BCUT2D eigenvalue weighted by Crippen LogP contribution is 2.04. The van der Waals surface area contributed by atoms with E-state index in [1.807, 2.05) is 13.8 Å². The van der Waals surface area contributed by atoms with Crippen LogP contribution in [0.4, 0.5) is 0 Å². The number of furan rings is 1. The average molecular weight is 182 g/mol. The normalized spacial score (nSPS) is 11.3. The zero-order chi connectivity index (χ0) is 9.90. The molecule has 0 aromatic carbocycles. The second kappa shape index (κ2) is 3.62. The number of rotatable bonds is 3. The van der Waals surface area contributed by atoms with E-state index in [0.29, 0.717) is 12.1 Å². The van der Waals surface area contributed by atoms with Gasteiger partial charge in [-0.25, -0.2) is 0 Å². The summed E-state index contributed by atoms with van der Waals surface area (Å²) in [6, 6.07) is 1.61. The second-order valence-electron chi connectivity index (χ2n) is 3.55. The van der Waals surface area contributed by atoms with Crippen molar-refractivity contribution in [3.8, 4) is 0 Å². The highest BCUT2D eigenvalue weighted by molar-refractivity contribution is 5.94. The number of carbonyl (C=O) groups is 1. The van der Waals surface area contributed by atoms with E-state index in [4.69, 9.17) is 10.2 Å². The predicted molar refractivity (Wildman–Crippen MR) is 49.3 cm³/mol. The quantitative estimate of drug-likeness (QED) is 0.724. The number of hydrogen-bond donors (Lipinski definition) is 2. The van der Waals surface area contributed by atoms with Gasteiger partial charge in [-0.2, -0.15) is 0 Å². The Morgan fingerprint density at radius 1 is 1.69 bits per heavy atom. The largest absolute Gasteiger partial charge is 0.472 e. The molecule has 0 aliphatic heterocycles.